The number of methoxy groups -OCH3 is 2. The second-order valence-corrected chi connectivity index (χ2v) is 25.1. The van der Waals surface area contributed by atoms with E-state index in [9.17, 15) is 19.2 Å². The van der Waals surface area contributed by atoms with Crippen molar-refractivity contribution >= 4 is 46.3 Å². The molecule has 7 aromatic rings. The van der Waals surface area contributed by atoms with E-state index in [1.54, 1.807) is 31.3 Å². The summed E-state index contributed by atoms with van der Waals surface area (Å²) in [7, 11) is 3.17. The molecule has 2 fully saturated rings. The van der Waals surface area contributed by atoms with Crippen molar-refractivity contribution in [1.29, 1.82) is 0 Å². The van der Waals surface area contributed by atoms with Crippen molar-refractivity contribution < 1.29 is 61.6 Å². The van der Waals surface area contributed by atoms with Crippen molar-refractivity contribution in [3.8, 4) is 34.1 Å². The number of carbonyl (C=O) groups excluding carboxylic acids is 4. The smallest absolute Gasteiger partial charge is 0.329 e. The van der Waals surface area contributed by atoms with Gasteiger partial charge in [-0.1, -0.05) is 72.2 Å². The van der Waals surface area contributed by atoms with Gasteiger partial charge in [0, 0.05) is 57.2 Å². The highest BCUT2D eigenvalue weighted by Gasteiger charge is 2.38. The number of fused-ring (bicyclic) bond motifs is 1. The fourth-order valence-electron chi connectivity index (χ4n) is 12.6. The number of piperidine rings is 1. The third-order valence-electron chi connectivity index (χ3n) is 18.0. The number of carbonyl (C=O) groups is 4. The number of nitrogens with zero attached hydrogens (tertiary/aromatic N) is 5. The number of hydrogen-bond acceptors (Lipinski definition) is 16. The number of ether oxygens (including phenoxy) is 8. The first-order valence-electron chi connectivity index (χ1n) is 33.4. The number of hydrogen-bond donors (Lipinski definition) is 2. The number of morpholine rings is 1. The summed E-state index contributed by atoms with van der Waals surface area (Å²) in [6.45, 7) is 20.3. The number of amides is 3. The van der Waals surface area contributed by atoms with Crippen molar-refractivity contribution in [2.24, 2.45) is 0 Å². The predicted molar refractivity (Wildman–Crippen MR) is 365 cm³/mol. The maximum Gasteiger partial charge on any atom is 0.329 e. The summed E-state index contributed by atoms with van der Waals surface area (Å²) in [4.78, 5) is 63.9. The van der Waals surface area contributed by atoms with Crippen LogP contribution in [0.5, 0.6) is 23.0 Å². The van der Waals surface area contributed by atoms with Gasteiger partial charge in [0.05, 0.1) is 88.1 Å². The Morgan fingerprint density at radius 2 is 1.49 bits per heavy atom. The lowest BCUT2D eigenvalue weighted by atomic mass is 9.91. The van der Waals surface area contributed by atoms with E-state index >= 15 is 0 Å². The Morgan fingerprint density at radius 1 is 0.726 bits per heavy atom. The summed E-state index contributed by atoms with van der Waals surface area (Å²) in [6, 6.07) is 29.2. The van der Waals surface area contributed by atoms with E-state index in [4.69, 9.17) is 59.0 Å². The first kappa shape index (κ1) is 71.3. The summed E-state index contributed by atoms with van der Waals surface area (Å²) in [6.07, 6.45) is 4.63. The van der Waals surface area contributed by atoms with Crippen molar-refractivity contribution in [2.75, 3.05) is 99.8 Å². The third kappa shape index (κ3) is 19.4. The molecule has 2 aromatic heterocycles. The SMILES string of the molecule is CC[C@H](C(=O)N1CCCC[C@H]1C(=O)O[C@H](CCc1ccc(C)c(C)c1)c1cccc(OCC(=O)NCCOCCOCCC(=O)NCCOc2ccc(CCc3nc4cc(-c5c(C)noc5C)ccc4n3C[C@H](C)N3CCOCC3)cc2Cl)c1)c1cc(C)c(OC)c(OC)c1. The standard InChI is InChI=1S/C74H94ClN7O13/c1-10-60(58-41-50(4)72(88-9)67(45-58)87-8)73(85)81-30-12-11-16-64(81)74(86)94-65(24-19-54-18-17-48(2)49(3)40-54)56-14-13-15-59(43-56)93-47-70(84)77-28-34-90-39-38-89-33-27-69(83)76-29-35-92-66-25-20-55(42-61(66)75)21-26-68-78-62-44-57(71-52(6)79-95-53(71)7)22-23-63(62)82(68)46-51(5)80-31-36-91-37-32-80/h13-15,17-18,20,22-23,25,40-45,51,60,64-65H,10-12,16,19,21,24,26-39,46-47H2,1-9H3,(H,76,83)(H,77,84)/t51-,60-,64-,65+/m0/s1. The lowest BCUT2D eigenvalue weighted by Crippen LogP contribution is -2.50. The van der Waals surface area contributed by atoms with Crippen LogP contribution < -0.4 is 29.6 Å². The molecule has 4 atom stereocenters. The number of aryl methyl sites for hydroxylation is 8. The fourth-order valence-corrected chi connectivity index (χ4v) is 12.9. The van der Waals surface area contributed by atoms with Gasteiger partial charge in [-0.3, -0.25) is 19.3 Å². The molecule has 0 saturated carbocycles. The van der Waals surface area contributed by atoms with Crippen LogP contribution in [0, 0.1) is 34.6 Å². The van der Waals surface area contributed by atoms with Crippen molar-refractivity contribution in [2.45, 2.75) is 137 Å². The van der Waals surface area contributed by atoms with Gasteiger partial charge >= 0.3 is 5.97 Å². The Hall–Kier alpha value is -8.01. The Morgan fingerprint density at radius 3 is 2.24 bits per heavy atom. The first-order valence-corrected chi connectivity index (χ1v) is 33.8. The molecule has 2 saturated heterocycles. The van der Waals surface area contributed by atoms with Gasteiger partial charge in [0.15, 0.2) is 18.1 Å². The lowest BCUT2D eigenvalue weighted by molar-refractivity contribution is -0.162. The molecule has 0 spiro atoms. The van der Waals surface area contributed by atoms with Crippen LogP contribution in [0.4, 0.5) is 0 Å². The summed E-state index contributed by atoms with van der Waals surface area (Å²) in [5.41, 5.74) is 11.8. The van der Waals surface area contributed by atoms with Crippen molar-refractivity contribution in [1.82, 2.24) is 35.1 Å². The quantitative estimate of drug-likeness (QED) is 0.0283. The van der Waals surface area contributed by atoms with Crippen LogP contribution in [0.3, 0.4) is 0 Å². The van der Waals surface area contributed by atoms with Crippen molar-refractivity contribution in [3.05, 3.63) is 152 Å². The average Bonchev–Trinajstić information content (AvgIpc) is 1.74. The van der Waals surface area contributed by atoms with Crippen LogP contribution in [0.2, 0.25) is 5.02 Å². The van der Waals surface area contributed by atoms with E-state index in [1.165, 1.54) is 11.1 Å². The number of benzene rings is 5. The molecular weight excluding hydrogens is 1230 g/mol. The molecule has 20 nitrogen and oxygen atoms in total. The van der Waals surface area contributed by atoms with Gasteiger partial charge in [-0.05, 0) is 173 Å². The van der Waals surface area contributed by atoms with Gasteiger partial charge in [0.2, 0.25) is 11.8 Å². The lowest BCUT2D eigenvalue weighted by Gasteiger charge is -2.37. The highest BCUT2D eigenvalue weighted by Crippen LogP contribution is 2.38. The van der Waals surface area contributed by atoms with Gasteiger partial charge in [-0.15, -0.1) is 0 Å². The number of nitrogens with one attached hydrogen (secondary N) is 2. The molecule has 0 unspecified atom stereocenters. The molecule has 3 amide bonds. The predicted octanol–water partition coefficient (Wildman–Crippen LogP) is 11.3. The Kier molecular flexibility index (Phi) is 26.4. The number of rotatable bonds is 34. The van der Waals surface area contributed by atoms with E-state index in [1.807, 2.05) is 70.2 Å². The van der Waals surface area contributed by atoms with E-state index in [0.717, 1.165) is 114 Å². The highest BCUT2D eigenvalue weighted by molar-refractivity contribution is 6.32. The minimum atomic E-state index is -0.756. The van der Waals surface area contributed by atoms with Crippen LogP contribution in [-0.4, -0.2) is 160 Å². The minimum Gasteiger partial charge on any atom is -0.493 e. The van der Waals surface area contributed by atoms with Gasteiger partial charge in [0.25, 0.3) is 5.91 Å². The topological polar surface area (TPSA) is 217 Å². The molecule has 510 valence electrons. The highest BCUT2D eigenvalue weighted by atomic mass is 35.5. The number of esters is 1. The van der Waals surface area contributed by atoms with Gasteiger partial charge in [-0.25, -0.2) is 9.78 Å². The van der Waals surface area contributed by atoms with Crippen LogP contribution in [-0.2, 0) is 63.9 Å². The number of imidazole rings is 1. The number of likely N-dealkylation sites (tertiary alicyclic amines) is 1. The maximum atomic E-state index is 14.5. The molecule has 95 heavy (non-hydrogen) atoms. The van der Waals surface area contributed by atoms with Gasteiger partial charge in [-0.2, -0.15) is 0 Å². The minimum absolute atomic E-state index is 0.125. The van der Waals surface area contributed by atoms with E-state index in [2.05, 4.69) is 82.4 Å². The average molecular weight is 1330 g/mol. The second-order valence-electron chi connectivity index (χ2n) is 24.6. The molecule has 2 aliphatic heterocycles. The van der Waals surface area contributed by atoms with Crippen LogP contribution >= 0.6 is 11.6 Å². The summed E-state index contributed by atoms with van der Waals surface area (Å²) in [5.74, 6) is 2.34. The summed E-state index contributed by atoms with van der Waals surface area (Å²) in [5, 5.41) is 10.4. The summed E-state index contributed by atoms with van der Waals surface area (Å²) >= 11 is 6.75. The Labute approximate surface area is 563 Å². The largest absolute Gasteiger partial charge is 0.493 e. The van der Waals surface area contributed by atoms with Crippen LogP contribution in [0.1, 0.15) is 121 Å². The molecule has 0 radical (unpaired) electrons. The molecule has 2 N–H and O–H groups in total. The molecule has 5 aromatic carbocycles. The molecule has 2 aliphatic rings. The Balaban J connectivity index is 0.668. The molecule has 21 heteroatoms. The van der Waals surface area contributed by atoms with Gasteiger partial charge in [0.1, 0.15) is 41.8 Å². The molecule has 0 bridgehead atoms. The molecule has 4 heterocycles. The Bertz CT molecular complexity index is 3690. The normalized spacial score (nSPS) is 15.3. The zero-order valence-corrected chi connectivity index (χ0v) is 57.4. The van der Waals surface area contributed by atoms with E-state index in [-0.39, 0.29) is 70.3 Å². The second kappa shape index (κ2) is 35.1. The van der Waals surface area contributed by atoms with Crippen molar-refractivity contribution in [3.63, 3.8) is 0 Å². The maximum absolute atomic E-state index is 14.5. The monoisotopic (exact) mass is 1320 g/mol. The van der Waals surface area contributed by atoms with Crippen LogP contribution in [0.15, 0.2) is 95.5 Å². The zero-order valence-electron chi connectivity index (χ0n) is 56.7. The van der Waals surface area contributed by atoms with Gasteiger partial charge < -0.3 is 62.5 Å². The third-order valence-corrected chi connectivity index (χ3v) is 18.3. The first-order chi connectivity index (χ1) is 46.0. The fraction of sp³-hybridized carbons (Fsp3) is 0.486. The van der Waals surface area contributed by atoms with E-state index < -0.39 is 24.0 Å². The zero-order chi connectivity index (χ0) is 67.4. The molecule has 0 aliphatic carbocycles. The molecule has 9 rings (SSSR count). The number of halogens is 1. The number of aromatic nitrogens is 3. The van der Waals surface area contributed by atoms with E-state index in [0.29, 0.717) is 84.8 Å². The molecular formula is C74H94ClN7O13. The van der Waals surface area contributed by atoms with Crippen LogP contribution in [0.25, 0.3) is 22.2 Å². The summed E-state index contributed by atoms with van der Waals surface area (Å²) < 4.78 is 54.4.